The number of rotatable bonds is 2. The van der Waals surface area contributed by atoms with E-state index in [1.807, 2.05) is 23.7 Å². The molecule has 7 rings (SSSR count). The zero-order valence-electron chi connectivity index (χ0n) is 22.8. The minimum atomic E-state index is -0.831. The van der Waals surface area contributed by atoms with Crippen molar-refractivity contribution in [2.75, 3.05) is 6.61 Å². The minimum absolute atomic E-state index is 0.0314. The Kier molecular flexibility index (Phi) is 6.30. The Morgan fingerprint density at radius 2 is 1.93 bits per heavy atom. The highest BCUT2D eigenvalue weighted by Gasteiger charge is 2.25. The summed E-state index contributed by atoms with van der Waals surface area (Å²) in [7, 11) is 0. The number of carbonyl (C=O) groups is 1. The number of nitrogens with zero attached hydrogens (tertiary/aromatic N) is 4. The van der Waals surface area contributed by atoms with Crippen molar-refractivity contribution in [1.29, 1.82) is 0 Å². The molecule has 1 N–H and O–H groups in total. The molecule has 2 aromatic heterocycles. The number of aryl methyl sites for hydroxylation is 1. The Hall–Kier alpha value is -3.78. The summed E-state index contributed by atoms with van der Waals surface area (Å²) in [5.74, 6) is 1.07. The van der Waals surface area contributed by atoms with Gasteiger partial charge < -0.3 is 9.84 Å². The van der Waals surface area contributed by atoms with E-state index in [2.05, 4.69) is 47.6 Å². The highest BCUT2D eigenvalue weighted by atomic mass is 32.1. The Balaban J connectivity index is 1.47. The van der Waals surface area contributed by atoms with Gasteiger partial charge >= 0.3 is 5.97 Å². The fraction of sp³-hybridized carbons (Fsp3) is 0.375. The second-order valence-electron chi connectivity index (χ2n) is 11.4. The molecule has 4 heterocycles. The Bertz CT molecular complexity index is 1770. The summed E-state index contributed by atoms with van der Waals surface area (Å²) in [6.45, 7) is 5.88. The van der Waals surface area contributed by atoms with Crippen molar-refractivity contribution in [1.82, 2.24) is 20.0 Å². The van der Waals surface area contributed by atoms with Gasteiger partial charge in [-0.25, -0.2) is 9.67 Å². The predicted molar refractivity (Wildman–Crippen MR) is 158 cm³/mol. The highest BCUT2D eigenvalue weighted by molar-refractivity contribution is 7.22. The minimum Gasteiger partial charge on any atom is -0.493 e. The molecule has 0 fully saturated rings. The van der Waals surface area contributed by atoms with Gasteiger partial charge in [-0.2, -0.15) is 0 Å². The van der Waals surface area contributed by atoms with Gasteiger partial charge in [0.15, 0.2) is 0 Å². The molecule has 0 saturated carbocycles. The van der Waals surface area contributed by atoms with Crippen molar-refractivity contribution in [3.63, 3.8) is 0 Å². The Morgan fingerprint density at radius 3 is 2.80 bits per heavy atom. The number of carboxylic acids is 1. The predicted octanol–water partition coefficient (Wildman–Crippen LogP) is 7.39. The fourth-order valence-corrected chi connectivity index (χ4v) is 7.60. The van der Waals surface area contributed by atoms with E-state index in [1.165, 1.54) is 12.0 Å². The van der Waals surface area contributed by atoms with Crippen LogP contribution in [-0.4, -0.2) is 37.7 Å². The van der Waals surface area contributed by atoms with Crippen LogP contribution in [0.1, 0.15) is 61.6 Å². The molecule has 2 aliphatic rings. The van der Waals surface area contributed by atoms with Crippen molar-refractivity contribution in [3.05, 3.63) is 59.2 Å². The third-order valence-electron chi connectivity index (χ3n) is 8.55. The van der Waals surface area contributed by atoms with Crippen molar-refractivity contribution in [2.24, 2.45) is 5.92 Å². The van der Waals surface area contributed by atoms with E-state index in [4.69, 9.17) is 9.72 Å². The summed E-state index contributed by atoms with van der Waals surface area (Å²) in [6.07, 6.45) is 5.58. The largest absolute Gasteiger partial charge is 0.493 e. The lowest BCUT2D eigenvalue weighted by atomic mass is 9.85. The molecule has 0 spiro atoms. The Labute approximate surface area is 236 Å². The number of thiazole rings is 1. The number of fused-ring (bicyclic) bond motifs is 5. The normalized spacial score (nSPS) is 19.1. The maximum absolute atomic E-state index is 12.0. The molecule has 0 aliphatic carbocycles. The van der Waals surface area contributed by atoms with E-state index in [-0.39, 0.29) is 6.42 Å². The number of hydrogen-bond donors (Lipinski definition) is 1. The van der Waals surface area contributed by atoms with Crippen LogP contribution in [-0.2, 0) is 17.8 Å². The van der Waals surface area contributed by atoms with E-state index in [0.717, 1.165) is 98.7 Å². The smallest absolute Gasteiger partial charge is 0.307 e. The zero-order valence-corrected chi connectivity index (χ0v) is 23.6. The SMILES string of the molecule is Cc1cc2nc3sc2c(c1CC(=O)O)-c1ccc2c(c1)C(CCCCC(C)Cn1nnc4ccc-3cc41)CCO2. The summed E-state index contributed by atoms with van der Waals surface area (Å²) < 4.78 is 9.14. The average Bonchev–Trinajstić information content (AvgIpc) is 3.54. The van der Waals surface area contributed by atoms with Gasteiger partial charge in [0, 0.05) is 17.7 Å². The summed E-state index contributed by atoms with van der Waals surface area (Å²) in [4.78, 5) is 17.1. The second kappa shape index (κ2) is 10.0. The van der Waals surface area contributed by atoms with Crippen LogP contribution in [0.2, 0.25) is 0 Å². The molecule has 8 heteroatoms. The van der Waals surface area contributed by atoms with Gasteiger partial charge in [0.25, 0.3) is 0 Å². The zero-order chi connectivity index (χ0) is 27.4. The number of aromatic nitrogens is 4. The van der Waals surface area contributed by atoms with Gasteiger partial charge in [0.2, 0.25) is 0 Å². The molecule has 2 aliphatic heterocycles. The van der Waals surface area contributed by atoms with Crippen molar-refractivity contribution < 1.29 is 14.6 Å². The molecule has 0 radical (unpaired) electrons. The second-order valence-corrected chi connectivity index (χ2v) is 12.4. The van der Waals surface area contributed by atoms with Crippen molar-refractivity contribution in [2.45, 2.75) is 64.8 Å². The van der Waals surface area contributed by atoms with Crippen LogP contribution in [0.25, 0.3) is 42.9 Å². The van der Waals surface area contributed by atoms with Crippen LogP contribution in [0.3, 0.4) is 0 Å². The van der Waals surface area contributed by atoms with Crippen LogP contribution in [0, 0.1) is 12.8 Å². The first-order valence-corrected chi connectivity index (χ1v) is 15.0. The summed E-state index contributed by atoms with van der Waals surface area (Å²) >= 11 is 1.63. The highest BCUT2D eigenvalue weighted by Crippen LogP contribution is 2.45. The molecule has 0 saturated heterocycles. The number of benzene rings is 3. The fourth-order valence-electron chi connectivity index (χ4n) is 6.47. The van der Waals surface area contributed by atoms with Gasteiger partial charge in [0.05, 0.1) is 28.8 Å². The van der Waals surface area contributed by atoms with Crippen molar-refractivity contribution >= 4 is 38.6 Å². The molecule has 40 heavy (non-hydrogen) atoms. The number of ether oxygens (including phenoxy) is 1. The number of aliphatic carboxylic acids is 1. The average molecular weight is 553 g/mol. The first-order chi connectivity index (χ1) is 19.4. The van der Waals surface area contributed by atoms with Gasteiger partial charge in [0.1, 0.15) is 16.3 Å². The topological polar surface area (TPSA) is 90.1 Å². The van der Waals surface area contributed by atoms with Crippen LogP contribution >= 0.6 is 11.3 Å². The van der Waals surface area contributed by atoms with Gasteiger partial charge in [-0.15, -0.1) is 16.4 Å². The van der Waals surface area contributed by atoms with E-state index in [9.17, 15) is 9.90 Å². The van der Waals surface area contributed by atoms with Crippen LogP contribution < -0.4 is 4.74 Å². The molecular formula is C32H32N4O3S. The Morgan fingerprint density at radius 1 is 1.07 bits per heavy atom. The summed E-state index contributed by atoms with van der Waals surface area (Å²) in [5.41, 5.74) is 8.90. The molecule has 2 atom stereocenters. The van der Waals surface area contributed by atoms with Crippen LogP contribution in [0.5, 0.6) is 5.75 Å². The molecule has 6 bridgehead atoms. The van der Waals surface area contributed by atoms with Gasteiger partial charge in [-0.3, -0.25) is 4.79 Å². The lowest BCUT2D eigenvalue weighted by Gasteiger charge is -2.27. The van der Waals surface area contributed by atoms with E-state index in [0.29, 0.717) is 11.8 Å². The van der Waals surface area contributed by atoms with E-state index < -0.39 is 5.97 Å². The maximum Gasteiger partial charge on any atom is 0.307 e. The molecular weight excluding hydrogens is 520 g/mol. The number of carboxylic acid groups (broad SMARTS) is 1. The van der Waals surface area contributed by atoms with E-state index in [1.54, 1.807) is 11.3 Å². The summed E-state index contributed by atoms with van der Waals surface area (Å²) in [6, 6.07) is 14.7. The van der Waals surface area contributed by atoms with Crippen LogP contribution in [0.15, 0.2) is 42.5 Å². The first-order valence-electron chi connectivity index (χ1n) is 14.2. The quantitative estimate of drug-likeness (QED) is 0.246. The van der Waals surface area contributed by atoms with Gasteiger partial charge in [-0.05, 0) is 96.7 Å². The van der Waals surface area contributed by atoms with E-state index >= 15 is 0 Å². The maximum atomic E-state index is 12.0. The molecule has 3 aromatic carbocycles. The summed E-state index contributed by atoms with van der Waals surface area (Å²) in [5, 5.41) is 19.7. The van der Waals surface area contributed by atoms with Crippen LogP contribution in [0.4, 0.5) is 0 Å². The molecule has 5 aromatic rings. The molecule has 7 nitrogen and oxygen atoms in total. The van der Waals surface area contributed by atoms with Gasteiger partial charge in [-0.1, -0.05) is 31.0 Å². The lowest BCUT2D eigenvalue weighted by Crippen LogP contribution is -2.15. The standard InChI is InChI=1S/C32H32N4O3S/c1-18-5-3-4-6-20-11-12-39-28-10-8-21(14-24(20)28)30-23(16-29(37)38)19(2)13-26-31(30)40-32(33-26)22-7-9-25-27(15-22)36(17-18)35-34-25/h7-10,13-15,18,20H,3-6,11-12,16-17H2,1-2H3,(H,37,38). The third kappa shape index (κ3) is 4.44. The monoisotopic (exact) mass is 552 g/mol. The lowest BCUT2D eigenvalue weighted by molar-refractivity contribution is -0.136. The molecule has 0 amide bonds. The molecule has 2 unspecified atom stereocenters. The third-order valence-corrected chi connectivity index (χ3v) is 9.68. The first kappa shape index (κ1) is 25.2. The van der Waals surface area contributed by atoms with Crippen molar-refractivity contribution in [3.8, 4) is 27.4 Å². The number of hydrogen-bond acceptors (Lipinski definition) is 6. The molecule has 204 valence electrons.